The molecule has 0 saturated carbocycles. The first-order valence-corrected chi connectivity index (χ1v) is 7.94. The van der Waals surface area contributed by atoms with E-state index >= 15 is 0 Å². The molecule has 1 heterocycles. The molecule has 0 aliphatic heterocycles. The van der Waals surface area contributed by atoms with E-state index in [-0.39, 0.29) is 11.4 Å². The molecule has 2 N–H and O–H groups in total. The van der Waals surface area contributed by atoms with Gasteiger partial charge in [0.15, 0.2) is 0 Å². The van der Waals surface area contributed by atoms with Crippen LogP contribution in [0.2, 0.25) is 5.02 Å². The molecule has 0 amide bonds. The molecule has 0 atom stereocenters. The van der Waals surface area contributed by atoms with Crippen LogP contribution in [-0.2, 0) is 4.74 Å². The maximum Gasteiger partial charge on any atom is 0.377 e. The molecule has 0 radical (unpaired) electrons. The highest BCUT2D eigenvalue weighted by molar-refractivity contribution is 6.30. The van der Waals surface area contributed by atoms with Gasteiger partial charge in [0.05, 0.1) is 5.69 Å². The smallest absolute Gasteiger partial charge is 0.377 e. The van der Waals surface area contributed by atoms with Crippen LogP contribution in [0, 0.1) is 0 Å². The molecule has 0 bridgehead atoms. The number of hydrogen-bond acceptors (Lipinski definition) is 4. The van der Waals surface area contributed by atoms with Crippen molar-refractivity contribution in [3.05, 3.63) is 53.2 Å². The van der Waals surface area contributed by atoms with E-state index in [0.717, 1.165) is 11.1 Å². The molecule has 0 aliphatic rings. The SMILES string of the molecule is CC(C)(C)OC(=O)c1oc2ccc(-c3ccc(Cl)cc3)cc2c1N. The lowest BCUT2D eigenvalue weighted by molar-refractivity contribution is 0.00398. The monoisotopic (exact) mass is 343 g/mol. The Labute approximate surface area is 145 Å². The average molecular weight is 344 g/mol. The number of anilines is 1. The quantitative estimate of drug-likeness (QED) is 0.642. The number of furan rings is 1. The van der Waals surface area contributed by atoms with E-state index in [1.54, 1.807) is 26.8 Å². The van der Waals surface area contributed by atoms with Gasteiger partial charge in [-0.25, -0.2) is 4.79 Å². The lowest BCUT2D eigenvalue weighted by atomic mass is 10.0. The summed E-state index contributed by atoms with van der Waals surface area (Å²) in [6.07, 6.45) is 0. The number of fused-ring (bicyclic) bond motifs is 1. The summed E-state index contributed by atoms with van der Waals surface area (Å²) in [5, 5.41) is 1.36. The fraction of sp³-hybridized carbons (Fsp3) is 0.211. The molecule has 2 aromatic carbocycles. The molecule has 4 nitrogen and oxygen atoms in total. The average Bonchev–Trinajstić information content (AvgIpc) is 2.83. The third-order valence-electron chi connectivity index (χ3n) is 3.49. The summed E-state index contributed by atoms with van der Waals surface area (Å²) in [6, 6.07) is 13.1. The van der Waals surface area contributed by atoms with Gasteiger partial charge in [-0.2, -0.15) is 0 Å². The van der Waals surface area contributed by atoms with Crippen LogP contribution >= 0.6 is 11.6 Å². The molecular formula is C19H18ClNO3. The van der Waals surface area contributed by atoms with Gasteiger partial charge in [-0.3, -0.25) is 0 Å². The molecule has 1 aromatic heterocycles. The number of benzene rings is 2. The van der Waals surface area contributed by atoms with Crippen molar-refractivity contribution in [2.24, 2.45) is 0 Å². The van der Waals surface area contributed by atoms with Crippen LogP contribution in [0.5, 0.6) is 0 Å². The van der Waals surface area contributed by atoms with Crippen molar-refractivity contribution in [3.8, 4) is 11.1 Å². The Morgan fingerprint density at radius 1 is 1.08 bits per heavy atom. The molecule has 0 aliphatic carbocycles. The lowest BCUT2D eigenvalue weighted by Crippen LogP contribution is -2.24. The van der Waals surface area contributed by atoms with Crippen molar-refractivity contribution in [2.75, 3.05) is 5.73 Å². The second-order valence-electron chi connectivity index (χ2n) is 6.56. The maximum atomic E-state index is 12.2. The highest BCUT2D eigenvalue weighted by atomic mass is 35.5. The van der Waals surface area contributed by atoms with Gasteiger partial charge >= 0.3 is 5.97 Å². The van der Waals surface area contributed by atoms with Gasteiger partial charge in [-0.15, -0.1) is 0 Å². The van der Waals surface area contributed by atoms with Crippen LogP contribution in [0.1, 0.15) is 31.3 Å². The molecule has 24 heavy (non-hydrogen) atoms. The number of carbonyl (C=O) groups is 1. The minimum atomic E-state index is -0.614. The number of rotatable bonds is 2. The van der Waals surface area contributed by atoms with Crippen molar-refractivity contribution in [2.45, 2.75) is 26.4 Å². The second-order valence-corrected chi connectivity index (χ2v) is 7.00. The van der Waals surface area contributed by atoms with Gasteiger partial charge in [-0.1, -0.05) is 29.8 Å². The highest BCUT2D eigenvalue weighted by Gasteiger charge is 2.25. The van der Waals surface area contributed by atoms with Gasteiger partial charge < -0.3 is 14.9 Å². The van der Waals surface area contributed by atoms with Crippen molar-refractivity contribution < 1.29 is 13.9 Å². The summed E-state index contributed by atoms with van der Waals surface area (Å²) in [7, 11) is 0. The summed E-state index contributed by atoms with van der Waals surface area (Å²) < 4.78 is 10.9. The predicted molar refractivity (Wildman–Crippen MR) is 96.2 cm³/mol. The topological polar surface area (TPSA) is 65.5 Å². The normalized spacial score (nSPS) is 11.7. The molecule has 3 aromatic rings. The summed E-state index contributed by atoms with van der Waals surface area (Å²) in [5.41, 5.74) is 8.30. The van der Waals surface area contributed by atoms with E-state index in [1.165, 1.54) is 0 Å². The Hall–Kier alpha value is -2.46. The van der Waals surface area contributed by atoms with Gasteiger partial charge in [0.2, 0.25) is 5.76 Å². The molecule has 124 valence electrons. The molecule has 5 heteroatoms. The number of ether oxygens (including phenoxy) is 1. The number of carbonyl (C=O) groups excluding carboxylic acids is 1. The predicted octanol–water partition coefficient (Wildman–Crippen LogP) is 5.29. The van der Waals surface area contributed by atoms with E-state index in [2.05, 4.69) is 0 Å². The minimum absolute atomic E-state index is 0.0354. The maximum absolute atomic E-state index is 12.2. The van der Waals surface area contributed by atoms with Crippen molar-refractivity contribution in [1.82, 2.24) is 0 Å². The Bertz CT molecular complexity index is 905. The van der Waals surface area contributed by atoms with Gasteiger partial charge in [0.25, 0.3) is 0 Å². The van der Waals surface area contributed by atoms with E-state index in [4.69, 9.17) is 26.5 Å². The number of halogens is 1. The minimum Gasteiger partial charge on any atom is -0.454 e. The van der Waals surface area contributed by atoms with Crippen LogP contribution in [0.3, 0.4) is 0 Å². The van der Waals surface area contributed by atoms with Crippen LogP contribution < -0.4 is 5.73 Å². The standard InChI is InChI=1S/C19H18ClNO3/c1-19(2,3)24-18(22)17-16(21)14-10-12(6-9-15(14)23-17)11-4-7-13(20)8-5-11/h4-10H,21H2,1-3H3. The summed E-state index contributed by atoms with van der Waals surface area (Å²) in [5.74, 6) is -0.530. The van der Waals surface area contributed by atoms with Crippen LogP contribution in [0.4, 0.5) is 5.69 Å². The summed E-state index contributed by atoms with van der Waals surface area (Å²) >= 11 is 5.92. The number of nitrogens with two attached hydrogens (primary N) is 1. The van der Waals surface area contributed by atoms with E-state index in [1.807, 2.05) is 36.4 Å². The van der Waals surface area contributed by atoms with Crippen molar-refractivity contribution >= 4 is 34.2 Å². The molecule has 0 spiro atoms. The van der Waals surface area contributed by atoms with Gasteiger partial charge in [-0.05, 0) is 56.2 Å². The largest absolute Gasteiger partial charge is 0.454 e. The number of nitrogen functional groups attached to an aromatic ring is 1. The van der Waals surface area contributed by atoms with Crippen LogP contribution in [0.25, 0.3) is 22.1 Å². The van der Waals surface area contributed by atoms with Crippen LogP contribution in [-0.4, -0.2) is 11.6 Å². The molecule has 3 rings (SSSR count). The van der Waals surface area contributed by atoms with Crippen molar-refractivity contribution in [1.29, 1.82) is 0 Å². The summed E-state index contributed by atoms with van der Waals surface area (Å²) in [6.45, 7) is 5.38. The molecular weight excluding hydrogens is 326 g/mol. The highest BCUT2D eigenvalue weighted by Crippen LogP contribution is 2.33. The van der Waals surface area contributed by atoms with Crippen molar-refractivity contribution in [3.63, 3.8) is 0 Å². The Balaban J connectivity index is 2.03. The third kappa shape index (κ3) is 3.24. The van der Waals surface area contributed by atoms with Gasteiger partial charge in [0.1, 0.15) is 11.2 Å². The number of esters is 1. The molecule has 0 fully saturated rings. The fourth-order valence-electron chi connectivity index (χ4n) is 2.41. The van der Waals surface area contributed by atoms with E-state index in [9.17, 15) is 4.79 Å². The van der Waals surface area contributed by atoms with Gasteiger partial charge in [0, 0.05) is 10.4 Å². The van der Waals surface area contributed by atoms with Crippen LogP contribution in [0.15, 0.2) is 46.9 Å². The Morgan fingerprint density at radius 3 is 2.33 bits per heavy atom. The number of hydrogen-bond donors (Lipinski definition) is 1. The second kappa shape index (κ2) is 5.87. The van der Waals surface area contributed by atoms with E-state index in [0.29, 0.717) is 16.0 Å². The zero-order valence-electron chi connectivity index (χ0n) is 13.7. The zero-order valence-corrected chi connectivity index (χ0v) is 14.5. The lowest BCUT2D eigenvalue weighted by Gasteiger charge is -2.18. The first-order valence-electron chi connectivity index (χ1n) is 7.56. The zero-order chi connectivity index (χ0) is 17.5. The Morgan fingerprint density at radius 2 is 1.71 bits per heavy atom. The first-order chi connectivity index (χ1) is 11.2. The molecule has 0 unspecified atom stereocenters. The summed E-state index contributed by atoms with van der Waals surface area (Å²) in [4.78, 5) is 12.2. The third-order valence-corrected chi connectivity index (χ3v) is 3.74. The molecule has 0 saturated heterocycles. The fourth-order valence-corrected chi connectivity index (χ4v) is 2.54. The Kier molecular flexibility index (Phi) is 4.01. The van der Waals surface area contributed by atoms with E-state index < -0.39 is 11.6 Å². The first kappa shape index (κ1) is 16.4.